The molecule has 0 unspecified atom stereocenters. The topological polar surface area (TPSA) is 55.6 Å². The molecule has 1 fully saturated rings. The lowest BCUT2D eigenvalue weighted by Crippen LogP contribution is -2.32. The van der Waals surface area contributed by atoms with Gasteiger partial charge in [-0.05, 0) is 44.4 Å². The molecule has 1 aliphatic rings. The quantitative estimate of drug-likeness (QED) is 0.869. The van der Waals surface area contributed by atoms with Gasteiger partial charge < -0.3 is 14.2 Å². The maximum absolute atomic E-state index is 12.8. The molecule has 0 N–H and O–H groups in total. The van der Waals surface area contributed by atoms with E-state index in [9.17, 15) is 4.79 Å². The second-order valence-corrected chi connectivity index (χ2v) is 6.01. The highest BCUT2D eigenvalue weighted by atomic mass is 16.5. The molecule has 0 saturated carbocycles. The molecule has 1 aromatic heterocycles. The number of aryl methyl sites for hydroxylation is 2. The van der Waals surface area contributed by atoms with Crippen molar-refractivity contribution in [3.8, 4) is 5.75 Å². The van der Waals surface area contributed by atoms with E-state index in [1.807, 2.05) is 43.0 Å². The number of amides is 1. The van der Waals surface area contributed by atoms with Gasteiger partial charge in [-0.2, -0.15) is 0 Å². The number of aromatic nitrogens is 1. The normalized spacial score (nSPS) is 17.5. The van der Waals surface area contributed by atoms with Crippen molar-refractivity contribution in [1.29, 1.82) is 0 Å². The number of ether oxygens (including phenoxy) is 1. The van der Waals surface area contributed by atoms with E-state index in [4.69, 9.17) is 9.26 Å². The third-order valence-electron chi connectivity index (χ3n) is 4.48. The van der Waals surface area contributed by atoms with Gasteiger partial charge in [-0.25, -0.2) is 0 Å². The van der Waals surface area contributed by atoms with Gasteiger partial charge in [0.05, 0.1) is 25.3 Å². The molecule has 0 aliphatic carbocycles. The first-order chi connectivity index (χ1) is 11.1. The highest BCUT2D eigenvalue weighted by Gasteiger charge is 2.33. The molecule has 0 bridgehead atoms. The van der Waals surface area contributed by atoms with Gasteiger partial charge in [0.1, 0.15) is 11.5 Å². The van der Waals surface area contributed by atoms with Gasteiger partial charge in [-0.15, -0.1) is 0 Å². The van der Waals surface area contributed by atoms with E-state index >= 15 is 0 Å². The summed E-state index contributed by atoms with van der Waals surface area (Å²) in [4.78, 5) is 14.7. The van der Waals surface area contributed by atoms with Crippen LogP contribution >= 0.6 is 0 Å². The van der Waals surface area contributed by atoms with Gasteiger partial charge in [-0.3, -0.25) is 4.79 Å². The van der Waals surface area contributed by atoms with Crippen LogP contribution in [0, 0.1) is 13.8 Å². The maximum atomic E-state index is 12.8. The number of nitrogens with zero attached hydrogens (tertiary/aromatic N) is 2. The van der Waals surface area contributed by atoms with Gasteiger partial charge >= 0.3 is 0 Å². The molecule has 0 radical (unpaired) electrons. The van der Waals surface area contributed by atoms with E-state index in [-0.39, 0.29) is 11.9 Å². The molecule has 23 heavy (non-hydrogen) atoms. The predicted octanol–water partition coefficient (Wildman–Crippen LogP) is 3.21. The van der Waals surface area contributed by atoms with Crippen molar-refractivity contribution in [2.24, 2.45) is 0 Å². The van der Waals surface area contributed by atoms with Crippen molar-refractivity contribution < 1.29 is 14.1 Å². The molecule has 2 heterocycles. The molecule has 0 spiro atoms. The van der Waals surface area contributed by atoms with Crippen molar-refractivity contribution in [3.05, 3.63) is 46.8 Å². The van der Waals surface area contributed by atoms with E-state index < -0.39 is 0 Å². The minimum atomic E-state index is 0.0827. The number of rotatable bonds is 4. The first-order valence-corrected chi connectivity index (χ1v) is 7.95. The fourth-order valence-corrected chi connectivity index (χ4v) is 3.39. The van der Waals surface area contributed by atoms with Crippen LogP contribution in [0.2, 0.25) is 0 Å². The van der Waals surface area contributed by atoms with Crippen LogP contribution in [0.4, 0.5) is 0 Å². The van der Waals surface area contributed by atoms with Crippen molar-refractivity contribution >= 4 is 5.91 Å². The van der Waals surface area contributed by atoms with Gasteiger partial charge in [0.25, 0.3) is 0 Å². The number of benzene rings is 1. The van der Waals surface area contributed by atoms with Crippen LogP contribution in [0.1, 0.15) is 41.5 Å². The molecule has 5 heteroatoms. The average molecular weight is 314 g/mol. The molecule has 1 aliphatic heterocycles. The number of likely N-dealkylation sites (tertiary alicyclic amines) is 1. The molecular formula is C18H22N2O3. The van der Waals surface area contributed by atoms with Crippen LogP contribution in [0.5, 0.6) is 5.75 Å². The van der Waals surface area contributed by atoms with Crippen LogP contribution < -0.4 is 4.74 Å². The minimum absolute atomic E-state index is 0.0827. The summed E-state index contributed by atoms with van der Waals surface area (Å²) < 4.78 is 10.5. The van der Waals surface area contributed by atoms with Crippen LogP contribution in [-0.4, -0.2) is 29.6 Å². The molecule has 3 rings (SSSR count). The summed E-state index contributed by atoms with van der Waals surface area (Å²) in [5.74, 6) is 1.73. The third kappa shape index (κ3) is 3.09. The Bertz CT molecular complexity index is 689. The Morgan fingerprint density at radius 1 is 1.43 bits per heavy atom. The summed E-state index contributed by atoms with van der Waals surface area (Å²) in [7, 11) is 1.63. The average Bonchev–Trinajstić information content (AvgIpc) is 3.14. The molecule has 1 amide bonds. The monoisotopic (exact) mass is 314 g/mol. The van der Waals surface area contributed by atoms with Crippen molar-refractivity contribution in [3.63, 3.8) is 0 Å². The number of methoxy groups -OCH3 is 1. The molecule has 2 aromatic rings. The zero-order chi connectivity index (χ0) is 16.4. The standard InChI is InChI=1S/C18H22N2O3/c1-12-18(13(2)23-19-12)16-8-5-9-20(16)17(21)11-14-6-4-7-15(10-14)22-3/h4,6-7,10,16H,5,8-9,11H2,1-3H3/t16-/m1/s1. The van der Waals surface area contributed by atoms with E-state index in [2.05, 4.69) is 5.16 Å². The largest absolute Gasteiger partial charge is 0.497 e. The minimum Gasteiger partial charge on any atom is -0.497 e. The van der Waals surface area contributed by atoms with Gasteiger partial charge in [0.2, 0.25) is 5.91 Å². The molecular weight excluding hydrogens is 292 g/mol. The second-order valence-electron chi connectivity index (χ2n) is 6.01. The Hall–Kier alpha value is -2.30. The summed E-state index contributed by atoms with van der Waals surface area (Å²) in [6.07, 6.45) is 2.36. The Morgan fingerprint density at radius 3 is 2.96 bits per heavy atom. The van der Waals surface area contributed by atoms with E-state index in [0.29, 0.717) is 6.42 Å². The Labute approximate surface area is 136 Å². The van der Waals surface area contributed by atoms with E-state index in [1.54, 1.807) is 7.11 Å². The summed E-state index contributed by atoms with van der Waals surface area (Å²) in [5, 5.41) is 4.03. The summed E-state index contributed by atoms with van der Waals surface area (Å²) in [6.45, 7) is 4.64. The van der Waals surface area contributed by atoms with Crippen LogP contribution in [0.25, 0.3) is 0 Å². The molecule has 1 aromatic carbocycles. The zero-order valence-corrected chi connectivity index (χ0v) is 13.8. The Kier molecular flexibility index (Phi) is 4.37. The van der Waals surface area contributed by atoms with Crippen LogP contribution in [0.15, 0.2) is 28.8 Å². The third-order valence-corrected chi connectivity index (χ3v) is 4.48. The molecule has 1 atom stereocenters. The zero-order valence-electron chi connectivity index (χ0n) is 13.8. The van der Waals surface area contributed by atoms with E-state index in [0.717, 1.165) is 47.7 Å². The fraction of sp³-hybridized carbons (Fsp3) is 0.444. The van der Waals surface area contributed by atoms with Crippen molar-refractivity contribution in [1.82, 2.24) is 10.1 Å². The lowest BCUT2D eigenvalue weighted by molar-refractivity contribution is -0.131. The highest BCUT2D eigenvalue weighted by molar-refractivity contribution is 5.79. The summed E-state index contributed by atoms with van der Waals surface area (Å²) in [6, 6.07) is 7.76. The SMILES string of the molecule is COc1cccc(CC(=O)N2CCC[C@@H]2c2c(C)noc2C)c1. The molecule has 1 saturated heterocycles. The van der Waals surface area contributed by atoms with Crippen LogP contribution in [-0.2, 0) is 11.2 Å². The van der Waals surface area contributed by atoms with E-state index in [1.165, 1.54) is 0 Å². The second kappa shape index (κ2) is 6.44. The summed E-state index contributed by atoms with van der Waals surface area (Å²) >= 11 is 0. The Morgan fingerprint density at radius 2 is 2.26 bits per heavy atom. The van der Waals surface area contributed by atoms with Gasteiger partial charge in [0, 0.05) is 12.1 Å². The lowest BCUT2D eigenvalue weighted by Gasteiger charge is -2.25. The lowest BCUT2D eigenvalue weighted by atomic mass is 10.0. The molecule has 5 nitrogen and oxygen atoms in total. The van der Waals surface area contributed by atoms with Crippen LogP contribution in [0.3, 0.4) is 0 Å². The summed E-state index contributed by atoms with van der Waals surface area (Å²) in [5.41, 5.74) is 2.92. The molecule has 122 valence electrons. The fourth-order valence-electron chi connectivity index (χ4n) is 3.39. The van der Waals surface area contributed by atoms with Crippen molar-refractivity contribution in [2.45, 2.75) is 39.2 Å². The smallest absolute Gasteiger partial charge is 0.227 e. The predicted molar refractivity (Wildman–Crippen MR) is 86.4 cm³/mol. The van der Waals surface area contributed by atoms with Crippen molar-refractivity contribution in [2.75, 3.05) is 13.7 Å². The first kappa shape index (κ1) is 15.6. The Balaban J connectivity index is 1.78. The number of hydrogen-bond donors (Lipinski definition) is 0. The number of carbonyl (C=O) groups excluding carboxylic acids is 1. The maximum Gasteiger partial charge on any atom is 0.227 e. The highest BCUT2D eigenvalue weighted by Crippen LogP contribution is 2.35. The van der Waals surface area contributed by atoms with Gasteiger partial charge in [0.15, 0.2) is 0 Å². The van der Waals surface area contributed by atoms with Gasteiger partial charge in [-0.1, -0.05) is 17.3 Å². The first-order valence-electron chi connectivity index (χ1n) is 7.95. The number of carbonyl (C=O) groups is 1. The number of hydrogen-bond acceptors (Lipinski definition) is 4.